The number of halogens is 1. The van der Waals surface area contributed by atoms with Gasteiger partial charge in [-0.15, -0.1) is 0 Å². The Balaban J connectivity index is 1.78. The maximum Gasteiger partial charge on any atom is 0.226 e. The van der Waals surface area contributed by atoms with Gasteiger partial charge in [0.2, 0.25) is 5.28 Å². The quantitative estimate of drug-likeness (QED) is 0.298. The molecule has 0 atom stereocenters. The minimum atomic E-state index is -0.886. The highest BCUT2D eigenvalue weighted by molar-refractivity contribution is 6.28. The van der Waals surface area contributed by atoms with Crippen LogP contribution in [-0.4, -0.2) is 15.0 Å². The van der Waals surface area contributed by atoms with E-state index in [1.807, 2.05) is 0 Å². The summed E-state index contributed by atoms with van der Waals surface area (Å²) in [6.07, 6.45) is 0. The van der Waals surface area contributed by atoms with Crippen molar-refractivity contribution in [2.75, 3.05) is 0 Å². The third-order valence-corrected chi connectivity index (χ3v) is 3.97. The zero-order valence-electron chi connectivity index (χ0n) is 33.2. The number of hydrogen-bond acceptors (Lipinski definition) is 3. The van der Waals surface area contributed by atoms with Crippen molar-refractivity contribution in [3.8, 4) is 45.0 Å². The lowest BCUT2D eigenvalue weighted by atomic mass is 9.99. The first-order valence-electron chi connectivity index (χ1n) is 17.5. The van der Waals surface area contributed by atoms with Gasteiger partial charge in [-0.3, -0.25) is 0 Å². The van der Waals surface area contributed by atoms with Crippen molar-refractivity contribution in [2.24, 2.45) is 0 Å². The molecule has 5 rings (SSSR count). The molecule has 0 aliphatic rings. The molecule has 4 heteroatoms. The zero-order valence-corrected chi connectivity index (χ0v) is 16.0. The van der Waals surface area contributed by atoms with Gasteiger partial charge in [-0.05, 0) is 33.9 Å². The van der Waals surface area contributed by atoms with Gasteiger partial charge in [-0.2, -0.15) is 9.97 Å². The fraction of sp³-hybridized carbons (Fsp3) is 0. The molecular weight excluding hydrogens is 402 g/mol. The Kier molecular flexibility index (Phi) is 2.11. The molecule has 4 aromatic carbocycles. The summed E-state index contributed by atoms with van der Waals surface area (Å²) in [5.74, 6) is -1.11. The summed E-state index contributed by atoms with van der Waals surface area (Å²) in [4.78, 5) is 11.8. The van der Waals surface area contributed by atoms with Crippen molar-refractivity contribution in [1.82, 2.24) is 15.0 Å². The van der Waals surface area contributed by atoms with Gasteiger partial charge in [0.05, 0.1) is 24.7 Å². The summed E-state index contributed by atoms with van der Waals surface area (Å²) in [6.45, 7) is 0. The van der Waals surface area contributed by atoms with Gasteiger partial charge in [-0.1, -0.05) is 109 Å². The van der Waals surface area contributed by atoms with E-state index in [-0.39, 0.29) is 0 Å². The van der Waals surface area contributed by atoms with Crippen LogP contribution in [0.5, 0.6) is 0 Å². The summed E-state index contributed by atoms with van der Waals surface area (Å²) in [5, 5.41) is -0.587. The van der Waals surface area contributed by atoms with E-state index in [4.69, 9.17) is 36.3 Å². The van der Waals surface area contributed by atoms with Crippen LogP contribution in [0, 0.1) is 0 Å². The van der Waals surface area contributed by atoms with E-state index in [2.05, 4.69) is 15.0 Å². The van der Waals surface area contributed by atoms with E-state index >= 15 is 0 Å². The molecule has 0 aliphatic carbocycles. The van der Waals surface area contributed by atoms with Crippen molar-refractivity contribution < 1.29 is 24.7 Å². The number of rotatable bonds is 4. The van der Waals surface area contributed by atoms with Crippen molar-refractivity contribution in [2.45, 2.75) is 0 Å². The van der Waals surface area contributed by atoms with Gasteiger partial charge >= 0.3 is 0 Å². The van der Waals surface area contributed by atoms with Crippen molar-refractivity contribution in [3.05, 3.63) is 114 Å². The Morgan fingerprint density at radius 2 is 0.742 bits per heavy atom. The Morgan fingerprint density at radius 3 is 1.19 bits per heavy atom. The smallest absolute Gasteiger partial charge is 0.208 e. The molecule has 0 unspecified atom stereocenters. The fourth-order valence-corrected chi connectivity index (χ4v) is 2.58. The molecule has 0 aliphatic heterocycles. The van der Waals surface area contributed by atoms with E-state index < -0.39 is 159 Å². The van der Waals surface area contributed by atoms with Crippen LogP contribution in [0.2, 0.25) is 5.28 Å². The van der Waals surface area contributed by atoms with Crippen LogP contribution in [0.15, 0.2) is 109 Å². The van der Waals surface area contributed by atoms with Crippen molar-refractivity contribution in [1.29, 1.82) is 0 Å². The lowest BCUT2D eigenvalue weighted by Gasteiger charge is -2.07. The highest BCUT2D eigenvalue weighted by Crippen LogP contribution is 2.27. The molecule has 148 valence electrons. The van der Waals surface area contributed by atoms with Crippen LogP contribution in [0.1, 0.15) is 24.7 Å². The lowest BCUT2D eigenvalue weighted by molar-refractivity contribution is 1.07. The van der Waals surface area contributed by atoms with Gasteiger partial charge in [-0.25, -0.2) is 4.98 Å². The molecule has 1 aromatic heterocycles. The van der Waals surface area contributed by atoms with Crippen LogP contribution in [-0.2, 0) is 0 Å². The molecule has 0 saturated heterocycles. The molecule has 0 amide bonds. The molecule has 0 radical (unpaired) electrons. The van der Waals surface area contributed by atoms with Crippen LogP contribution in [0.25, 0.3) is 45.0 Å². The Labute approximate surface area is 211 Å². The second kappa shape index (κ2) is 8.50. The van der Waals surface area contributed by atoms with Gasteiger partial charge in [0.1, 0.15) is 0 Å². The predicted molar refractivity (Wildman–Crippen MR) is 127 cm³/mol. The topological polar surface area (TPSA) is 38.7 Å². The van der Waals surface area contributed by atoms with Crippen LogP contribution < -0.4 is 0 Å². The molecule has 5 aromatic rings. The molecular formula is C27H18ClN3. The maximum atomic E-state index is 8.74. The van der Waals surface area contributed by atoms with E-state index in [9.17, 15) is 0 Å². The number of benzene rings is 4. The molecule has 0 spiro atoms. The van der Waals surface area contributed by atoms with Crippen molar-refractivity contribution >= 4 is 11.6 Å². The summed E-state index contributed by atoms with van der Waals surface area (Å²) in [5.41, 5.74) is -3.65. The lowest BCUT2D eigenvalue weighted by Crippen LogP contribution is -1.97. The number of aromatic nitrogens is 3. The standard InChI is InChI=1S/C27H18ClN3/c28-27-30-25(23-9-5-2-6-10-23)29-26(31-27)24-17-15-22(16-18-24)21-13-11-20(12-14-21)19-7-3-1-4-8-19/h1-18H/i1D,2D,3D,4D,5D,6D,7D,8D,9D,10D,11D,12D,13D,14D,15D,16D,17D,18D. The third kappa shape index (κ3) is 4.23. The SMILES string of the molecule is [2H]c1c([2H])c([2H])c(-c2nc(Cl)nc(-c3c([2H])c([2H])c(-c4c([2H])c([2H])c(-c5c([2H])c([2H])c([2H])c([2H])c5[2H])c([2H])c4[2H])c([2H])c3[2H])n2)c([2H])c1[2H]. The van der Waals surface area contributed by atoms with Gasteiger partial charge in [0.25, 0.3) is 0 Å². The van der Waals surface area contributed by atoms with Crippen molar-refractivity contribution in [3.63, 3.8) is 0 Å². The Morgan fingerprint density at radius 1 is 0.419 bits per heavy atom. The van der Waals surface area contributed by atoms with Gasteiger partial charge < -0.3 is 0 Å². The van der Waals surface area contributed by atoms with Crippen LogP contribution in [0.4, 0.5) is 0 Å². The summed E-state index contributed by atoms with van der Waals surface area (Å²) < 4.78 is 150. The summed E-state index contributed by atoms with van der Waals surface area (Å²) in [7, 11) is 0. The first kappa shape index (κ1) is 7.70. The van der Waals surface area contributed by atoms with Crippen LogP contribution in [0.3, 0.4) is 0 Å². The predicted octanol–water partition coefficient (Wildman–Crippen LogP) is 7.19. The second-order valence-corrected chi connectivity index (χ2v) is 6.09. The average Bonchev–Trinajstić information content (AvgIpc) is 3.05. The molecule has 31 heavy (non-hydrogen) atoms. The van der Waals surface area contributed by atoms with E-state index in [0.717, 1.165) is 0 Å². The Hall–Kier alpha value is -3.82. The highest BCUT2D eigenvalue weighted by Gasteiger charge is 2.09. The molecule has 3 nitrogen and oxygen atoms in total. The first-order chi connectivity index (χ1) is 22.8. The second-order valence-electron chi connectivity index (χ2n) is 5.75. The fourth-order valence-electron chi connectivity index (χ4n) is 2.42. The number of nitrogens with zero attached hydrogens (tertiary/aromatic N) is 3. The summed E-state index contributed by atoms with van der Waals surface area (Å²) in [6, 6.07) is -14.3. The molecule has 0 fully saturated rings. The molecule has 0 saturated carbocycles. The van der Waals surface area contributed by atoms with Gasteiger partial charge in [0, 0.05) is 11.1 Å². The minimum absolute atomic E-state index is 0.480. The molecule has 0 bridgehead atoms. The minimum Gasteiger partial charge on any atom is -0.208 e. The largest absolute Gasteiger partial charge is 0.226 e. The third-order valence-electron chi connectivity index (χ3n) is 3.81. The van der Waals surface area contributed by atoms with E-state index in [0.29, 0.717) is 0 Å². The number of hydrogen-bond donors (Lipinski definition) is 0. The zero-order chi connectivity index (χ0) is 36.7. The summed E-state index contributed by atoms with van der Waals surface area (Å²) >= 11 is 6.09. The Bertz CT molecular complexity index is 2180. The molecule has 1 heterocycles. The average molecular weight is 438 g/mol. The molecule has 0 N–H and O–H groups in total. The van der Waals surface area contributed by atoms with E-state index in [1.54, 1.807) is 0 Å². The first-order valence-corrected chi connectivity index (χ1v) is 8.91. The highest BCUT2D eigenvalue weighted by atomic mass is 35.5. The van der Waals surface area contributed by atoms with Gasteiger partial charge in [0.15, 0.2) is 11.6 Å². The monoisotopic (exact) mass is 437 g/mol. The van der Waals surface area contributed by atoms with E-state index in [1.165, 1.54) is 0 Å². The maximum absolute atomic E-state index is 8.74. The van der Waals surface area contributed by atoms with Crippen LogP contribution >= 0.6 is 11.6 Å². The normalized spacial score (nSPS) is 18.9.